The molecule has 0 saturated carbocycles. The molecule has 0 aliphatic carbocycles. The molecular formula is C15H18ClN3O. The quantitative estimate of drug-likeness (QED) is 0.803. The molecule has 0 unspecified atom stereocenters. The van der Waals surface area contributed by atoms with Crippen molar-refractivity contribution in [1.82, 2.24) is 9.97 Å². The first-order chi connectivity index (χ1) is 9.74. The number of aliphatic hydroxyl groups excluding tert-OH is 1. The van der Waals surface area contributed by atoms with Crippen molar-refractivity contribution in [2.24, 2.45) is 0 Å². The van der Waals surface area contributed by atoms with E-state index in [1.165, 1.54) is 6.33 Å². The highest BCUT2D eigenvalue weighted by Gasteiger charge is 2.08. The minimum atomic E-state index is 0.0499. The van der Waals surface area contributed by atoms with Crippen LogP contribution in [-0.4, -0.2) is 15.1 Å². The van der Waals surface area contributed by atoms with Crippen molar-refractivity contribution in [2.45, 2.75) is 32.9 Å². The summed E-state index contributed by atoms with van der Waals surface area (Å²) in [5.41, 5.74) is 2.95. The zero-order valence-electron chi connectivity index (χ0n) is 11.4. The predicted octanol–water partition coefficient (Wildman–Crippen LogP) is 3.19. The molecule has 1 aromatic carbocycles. The smallest absolute Gasteiger partial charge is 0.137 e. The molecule has 1 heterocycles. The van der Waals surface area contributed by atoms with Gasteiger partial charge in [-0.1, -0.05) is 49.2 Å². The van der Waals surface area contributed by atoms with Crippen LogP contribution in [-0.2, 0) is 19.6 Å². The van der Waals surface area contributed by atoms with Crippen LogP contribution in [0.3, 0.4) is 0 Å². The standard InChI is InChI=1S/C15H18ClN3O/c1-2-4-13-14(16)18-10-19-15(13)17-8-11-5-3-6-12(7-11)9-20/h3,5-7,10,20H,2,4,8-9H2,1H3,(H,17,18,19). The average molecular weight is 292 g/mol. The first-order valence-corrected chi connectivity index (χ1v) is 7.04. The van der Waals surface area contributed by atoms with Crippen molar-refractivity contribution in [2.75, 3.05) is 5.32 Å². The molecule has 0 fully saturated rings. The number of benzene rings is 1. The molecule has 2 rings (SSSR count). The van der Waals surface area contributed by atoms with Gasteiger partial charge in [-0.3, -0.25) is 0 Å². The fraction of sp³-hybridized carbons (Fsp3) is 0.333. The van der Waals surface area contributed by atoms with Gasteiger partial charge in [-0.05, 0) is 17.5 Å². The maximum absolute atomic E-state index is 9.14. The minimum absolute atomic E-state index is 0.0499. The highest BCUT2D eigenvalue weighted by Crippen LogP contribution is 2.22. The Labute approximate surface area is 123 Å². The topological polar surface area (TPSA) is 58.0 Å². The first-order valence-electron chi connectivity index (χ1n) is 6.66. The summed E-state index contributed by atoms with van der Waals surface area (Å²) >= 11 is 6.11. The van der Waals surface area contributed by atoms with E-state index in [4.69, 9.17) is 16.7 Å². The number of aliphatic hydroxyl groups is 1. The Kier molecular flexibility index (Phi) is 5.32. The molecule has 0 aliphatic heterocycles. The SMILES string of the molecule is CCCc1c(Cl)ncnc1NCc1cccc(CO)c1. The van der Waals surface area contributed by atoms with E-state index in [0.717, 1.165) is 35.3 Å². The van der Waals surface area contributed by atoms with Crippen LogP contribution in [0.1, 0.15) is 30.0 Å². The number of hydrogen-bond donors (Lipinski definition) is 2. The van der Waals surface area contributed by atoms with Gasteiger partial charge in [-0.2, -0.15) is 0 Å². The van der Waals surface area contributed by atoms with Gasteiger partial charge in [-0.25, -0.2) is 9.97 Å². The highest BCUT2D eigenvalue weighted by molar-refractivity contribution is 6.30. The van der Waals surface area contributed by atoms with E-state index in [1.807, 2.05) is 24.3 Å². The summed E-state index contributed by atoms with van der Waals surface area (Å²) in [6.45, 7) is 2.78. The second-order valence-corrected chi connectivity index (χ2v) is 4.93. The third-order valence-corrected chi connectivity index (χ3v) is 3.35. The third-order valence-electron chi connectivity index (χ3n) is 3.03. The highest BCUT2D eigenvalue weighted by atomic mass is 35.5. The van der Waals surface area contributed by atoms with E-state index in [2.05, 4.69) is 22.2 Å². The van der Waals surface area contributed by atoms with E-state index in [1.54, 1.807) is 0 Å². The normalized spacial score (nSPS) is 10.6. The van der Waals surface area contributed by atoms with Crippen molar-refractivity contribution in [3.8, 4) is 0 Å². The van der Waals surface area contributed by atoms with Crippen LogP contribution in [0.4, 0.5) is 5.82 Å². The molecule has 0 atom stereocenters. The zero-order chi connectivity index (χ0) is 14.4. The van der Waals surface area contributed by atoms with Gasteiger partial charge in [0.1, 0.15) is 17.3 Å². The third kappa shape index (κ3) is 3.68. The van der Waals surface area contributed by atoms with Crippen molar-refractivity contribution < 1.29 is 5.11 Å². The lowest BCUT2D eigenvalue weighted by atomic mass is 10.1. The van der Waals surface area contributed by atoms with Crippen LogP contribution in [0.15, 0.2) is 30.6 Å². The fourth-order valence-electron chi connectivity index (χ4n) is 2.04. The van der Waals surface area contributed by atoms with Gasteiger partial charge in [0.2, 0.25) is 0 Å². The second kappa shape index (κ2) is 7.22. The van der Waals surface area contributed by atoms with Crippen LogP contribution in [0.25, 0.3) is 0 Å². The molecule has 1 aromatic heterocycles. The number of hydrogen-bond acceptors (Lipinski definition) is 4. The van der Waals surface area contributed by atoms with E-state index in [-0.39, 0.29) is 6.61 Å². The lowest BCUT2D eigenvalue weighted by Gasteiger charge is -2.11. The number of aromatic nitrogens is 2. The first kappa shape index (κ1) is 14.8. The minimum Gasteiger partial charge on any atom is -0.392 e. The largest absolute Gasteiger partial charge is 0.392 e. The Morgan fingerprint density at radius 3 is 2.80 bits per heavy atom. The summed E-state index contributed by atoms with van der Waals surface area (Å²) in [6.07, 6.45) is 3.30. The van der Waals surface area contributed by atoms with Gasteiger partial charge in [0, 0.05) is 12.1 Å². The lowest BCUT2D eigenvalue weighted by molar-refractivity contribution is 0.281. The summed E-state index contributed by atoms with van der Waals surface area (Å²) in [5, 5.41) is 12.9. The summed E-state index contributed by atoms with van der Waals surface area (Å²) < 4.78 is 0. The summed E-state index contributed by atoms with van der Waals surface area (Å²) in [4.78, 5) is 8.28. The van der Waals surface area contributed by atoms with Crippen LogP contribution in [0.5, 0.6) is 0 Å². The van der Waals surface area contributed by atoms with Crippen LogP contribution in [0.2, 0.25) is 5.15 Å². The van der Waals surface area contributed by atoms with E-state index < -0.39 is 0 Å². The molecule has 0 radical (unpaired) electrons. The van der Waals surface area contributed by atoms with E-state index >= 15 is 0 Å². The number of anilines is 1. The maximum Gasteiger partial charge on any atom is 0.137 e. The van der Waals surface area contributed by atoms with Crippen molar-refractivity contribution in [1.29, 1.82) is 0 Å². The molecule has 0 amide bonds. The number of halogens is 1. The molecule has 106 valence electrons. The van der Waals surface area contributed by atoms with Gasteiger partial charge in [-0.15, -0.1) is 0 Å². The molecular weight excluding hydrogens is 274 g/mol. The number of rotatable bonds is 6. The van der Waals surface area contributed by atoms with Gasteiger partial charge in [0.05, 0.1) is 6.61 Å². The molecule has 20 heavy (non-hydrogen) atoms. The molecule has 0 spiro atoms. The summed E-state index contributed by atoms with van der Waals surface area (Å²) in [5.74, 6) is 0.779. The molecule has 0 bridgehead atoms. The summed E-state index contributed by atoms with van der Waals surface area (Å²) in [6, 6.07) is 7.81. The Morgan fingerprint density at radius 2 is 2.05 bits per heavy atom. The van der Waals surface area contributed by atoms with Crippen LogP contribution < -0.4 is 5.32 Å². The number of nitrogens with one attached hydrogen (secondary N) is 1. The Bertz CT molecular complexity index is 575. The van der Waals surface area contributed by atoms with Gasteiger partial charge in [0.15, 0.2) is 0 Å². The fourth-order valence-corrected chi connectivity index (χ4v) is 2.27. The second-order valence-electron chi connectivity index (χ2n) is 4.57. The Hall–Kier alpha value is -1.65. The van der Waals surface area contributed by atoms with Crippen LogP contribution in [0, 0.1) is 0 Å². The molecule has 0 aliphatic rings. The van der Waals surface area contributed by atoms with Crippen LogP contribution >= 0.6 is 11.6 Å². The Morgan fingerprint density at radius 1 is 1.25 bits per heavy atom. The molecule has 0 saturated heterocycles. The monoisotopic (exact) mass is 291 g/mol. The lowest BCUT2D eigenvalue weighted by Crippen LogP contribution is -2.06. The van der Waals surface area contributed by atoms with E-state index in [0.29, 0.717) is 11.7 Å². The average Bonchev–Trinajstić information content (AvgIpc) is 2.48. The van der Waals surface area contributed by atoms with Crippen molar-refractivity contribution in [3.63, 3.8) is 0 Å². The van der Waals surface area contributed by atoms with E-state index in [9.17, 15) is 0 Å². The summed E-state index contributed by atoms with van der Waals surface area (Å²) in [7, 11) is 0. The molecule has 4 nitrogen and oxygen atoms in total. The molecule has 2 N–H and O–H groups in total. The molecule has 5 heteroatoms. The van der Waals surface area contributed by atoms with Crippen molar-refractivity contribution >= 4 is 17.4 Å². The molecule has 2 aromatic rings. The maximum atomic E-state index is 9.14. The number of nitrogens with zero attached hydrogens (tertiary/aromatic N) is 2. The zero-order valence-corrected chi connectivity index (χ0v) is 12.2. The Balaban J connectivity index is 2.12. The van der Waals surface area contributed by atoms with Gasteiger partial charge >= 0.3 is 0 Å². The predicted molar refractivity (Wildman–Crippen MR) is 80.7 cm³/mol. The van der Waals surface area contributed by atoms with Crippen molar-refractivity contribution in [3.05, 3.63) is 52.4 Å². The van der Waals surface area contributed by atoms with Gasteiger partial charge in [0.25, 0.3) is 0 Å². The van der Waals surface area contributed by atoms with Gasteiger partial charge < -0.3 is 10.4 Å².